The molecule has 0 spiro atoms. The molecule has 0 aromatic carbocycles. The molecule has 1 aliphatic rings. The number of hydrogen-bond acceptors (Lipinski definition) is 5. The monoisotopic (exact) mass is 373 g/mol. The third-order valence-electron chi connectivity index (χ3n) is 5.12. The molecule has 0 saturated carbocycles. The van der Waals surface area contributed by atoms with Gasteiger partial charge in [-0.2, -0.15) is 0 Å². The van der Waals surface area contributed by atoms with Crippen molar-refractivity contribution in [2.24, 2.45) is 0 Å². The van der Waals surface area contributed by atoms with E-state index in [0.717, 1.165) is 43.3 Å². The van der Waals surface area contributed by atoms with Gasteiger partial charge in [0.25, 0.3) is 5.91 Å². The Bertz CT molecular complexity index is 935. The number of nitrogens with zero attached hydrogens (tertiary/aromatic N) is 4. The number of anilines is 2. The molecule has 4 heterocycles. The van der Waals surface area contributed by atoms with Crippen LogP contribution in [0.5, 0.6) is 0 Å². The molecule has 28 heavy (non-hydrogen) atoms. The van der Waals surface area contributed by atoms with Crippen molar-refractivity contribution in [1.29, 1.82) is 0 Å². The lowest BCUT2D eigenvalue weighted by Gasteiger charge is -2.32. The van der Waals surface area contributed by atoms with E-state index in [9.17, 15) is 4.79 Å². The zero-order valence-corrected chi connectivity index (χ0v) is 15.9. The summed E-state index contributed by atoms with van der Waals surface area (Å²) in [7, 11) is 0. The first-order valence-corrected chi connectivity index (χ1v) is 9.55. The van der Waals surface area contributed by atoms with E-state index < -0.39 is 0 Å². The van der Waals surface area contributed by atoms with Crippen LogP contribution in [-0.2, 0) is 0 Å². The molecule has 1 N–H and O–H groups in total. The Morgan fingerprint density at radius 1 is 1.00 bits per heavy atom. The number of amides is 1. The topological polar surface area (TPSA) is 71.0 Å². The van der Waals surface area contributed by atoms with Gasteiger partial charge in [-0.15, -0.1) is 0 Å². The fourth-order valence-corrected chi connectivity index (χ4v) is 3.53. The van der Waals surface area contributed by atoms with Gasteiger partial charge in [0, 0.05) is 37.4 Å². The van der Waals surface area contributed by atoms with Crippen LogP contribution in [0.4, 0.5) is 11.6 Å². The highest BCUT2D eigenvalue weighted by Crippen LogP contribution is 2.30. The van der Waals surface area contributed by atoms with Crippen molar-refractivity contribution < 1.29 is 4.79 Å². The Kier molecular flexibility index (Phi) is 5.28. The molecule has 6 nitrogen and oxygen atoms in total. The third-order valence-corrected chi connectivity index (χ3v) is 5.12. The van der Waals surface area contributed by atoms with Gasteiger partial charge in [-0.1, -0.05) is 6.07 Å². The molecule has 0 atom stereocenters. The molecule has 4 rings (SSSR count). The normalized spacial score (nSPS) is 14.7. The Balaban J connectivity index is 1.39. The van der Waals surface area contributed by atoms with Crippen LogP contribution in [0.1, 0.15) is 40.4 Å². The average Bonchev–Trinajstić information content (AvgIpc) is 2.75. The zero-order valence-electron chi connectivity index (χ0n) is 15.9. The first kappa shape index (κ1) is 18.1. The number of carbonyl (C=O) groups is 1. The van der Waals surface area contributed by atoms with E-state index in [1.165, 1.54) is 5.56 Å². The molecule has 0 bridgehead atoms. The van der Waals surface area contributed by atoms with E-state index >= 15 is 0 Å². The fraction of sp³-hybridized carbons (Fsp3) is 0.273. The number of likely N-dealkylation sites (tertiary alicyclic amines) is 1. The van der Waals surface area contributed by atoms with E-state index in [1.54, 1.807) is 12.4 Å². The molecule has 1 saturated heterocycles. The van der Waals surface area contributed by atoms with E-state index in [-0.39, 0.29) is 5.91 Å². The first-order chi connectivity index (χ1) is 13.7. The Labute approximate surface area is 164 Å². The second-order valence-corrected chi connectivity index (χ2v) is 7.07. The molecule has 0 unspecified atom stereocenters. The minimum atomic E-state index is 0.0678. The quantitative estimate of drug-likeness (QED) is 0.750. The number of aromatic nitrogens is 3. The van der Waals surface area contributed by atoms with Crippen LogP contribution in [-0.4, -0.2) is 38.8 Å². The second kappa shape index (κ2) is 8.17. The van der Waals surface area contributed by atoms with E-state index in [1.807, 2.05) is 48.4 Å². The molecule has 1 fully saturated rings. The van der Waals surface area contributed by atoms with Gasteiger partial charge >= 0.3 is 0 Å². The van der Waals surface area contributed by atoms with Crippen LogP contribution in [0.3, 0.4) is 0 Å². The minimum Gasteiger partial charge on any atom is -0.339 e. The van der Waals surface area contributed by atoms with Gasteiger partial charge in [0.2, 0.25) is 0 Å². The Morgan fingerprint density at radius 3 is 2.54 bits per heavy atom. The molecule has 3 aromatic heterocycles. The molecular weight excluding hydrogens is 350 g/mol. The van der Waals surface area contributed by atoms with Gasteiger partial charge in [-0.25, -0.2) is 9.97 Å². The van der Waals surface area contributed by atoms with Crippen molar-refractivity contribution in [3.05, 3.63) is 77.9 Å². The number of rotatable bonds is 4. The molecule has 142 valence electrons. The smallest absolute Gasteiger partial charge is 0.255 e. The zero-order chi connectivity index (χ0) is 19.3. The van der Waals surface area contributed by atoms with Crippen LogP contribution < -0.4 is 5.32 Å². The van der Waals surface area contributed by atoms with Crippen molar-refractivity contribution in [3.63, 3.8) is 0 Å². The number of hydrogen-bond donors (Lipinski definition) is 1. The maximum absolute atomic E-state index is 12.7. The van der Waals surface area contributed by atoms with Crippen LogP contribution in [0, 0.1) is 6.92 Å². The average molecular weight is 373 g/mol. The van der Waals surface area contributed by atoms with Gasteiger partial charge in [0.15, 0.2) is 0 Å². The predicted octanol–water partition coefficient (Wildman–Crippen LogP) is 3.94. The minimum absolute atomic E-state index is 0.0678. The number of nitrogens with one attached hydrogen (secondary N) is 1. The molecule has 6 heteroatoms. The van der Waals surface area contributed by atoms with Gasteiger partial charge in [0.05, 0.1) is 5.56 Å². The molecule has 1 aliphatic heterocycles. The number of aryl methyl sites for hydroxylation is 1. The SMILES string of the molecule is Cc1ccc(C(=O)N2CCC(c3ccnc(Nc4ccccn4)c3)CC2)cn1. The highest BCUT2D eigenvalue weighted by atomic mass is 16.2. The molecular formula is C22H23N5O. The largest absolute Gasteiger partial charge is 0.339 e. The maximum atomic E-state index is 12.7. The van der Waals surface area contributed by atoms with E-state index in [2.05, 4.69) is 32.4 Å². The van der Waals surface area contributed by atoms with Crippen molar-refractivity contribution in [1.82, 2.24) is 19.9 Å². The summed E-state index contributed by atoms with van der Waals surface area (Å²) < 4.78 is 0. The van der Waals surface area contributed by atoms with Crippen LogP contribution in [0.25, 0.3) is 0 Å². The van der Waals surface area contributed by atoms with Crippen molar-refractivity contribution >= 4 is 17.5 Å². The summed E-state index contributed by atoms with van der Waals surface area (Å²) in [6.07, 6.45) is 7.14. The summed E-state index contributed by atoms with van der Waals surface area (Å²) in [5, 5.41) is 3.24. The van der Waals surface area contributed by atoms with Crippen molar-refractivity contribution in [3.8, 4) is 0 Å². The highest BCUT2D eigenvalue weighted by Gasteiger charge is 2.25. The summed E-state index contributed by atoms with van der Waals surface area (Å²) >= 11 is 0. The van der Waals surface area contributed by atoms with Gasteiger partial charge in [-0.3, -0.25) is 9.78 Å². The van der Waals surface area contributed by atoms with E-state index in [0.29, 0.717) is 11.5 Å². The van der Waals surface area contributed by atoms with Gasteiger partial charge in [-0.05, 0) is 67.6 Å². The standard InChI is InChI=1S/C22H23N5O/c1-16-5-6-19(15-25-16)22(28)27-12-8-17(9-13-27)18-7-11-24-21(14-18)26-20-4-2-3-10-23-20/h2-7,10-11,14-15,17H,8-9,12-13H2,1H3,(H,23,24,26). The Morgan fingerprint density at radius 2 is 1.82 bits per heavy atom. The number of carbonyl (C=O) groups excluding carboxylic acids is 1. The summed E-state index contributed by atoms with van der Waals surface area (Å²) in [4.78, 5) is 27.5. The second-order valence-electron chi connectivity index (χ2n) is 7.07. The molecule has 3 aromatic rings. The lowest BCUT2D eigenvalue weighted by molar-refractivity contribution is 0.0712. The van der Waals surface area contributed by atoms with Crippen molar-refractivity contribution in [2.45, 2.75) is 25.7 Å². The van der Waals surface area contributed by atoms with Gasteiger partial charge in [0.1, 0.15) is 11.6 Å². The van der Waals surface area contributed by atoms with Crippen LogP contribution in [0.2, 0.25) is 0 Å². The lowest BCUT2D eigenvalue weighted by atomic mass is 9.89. The molecule has 0 aliphatic carbocycles. The Hall–Kier alpha value is -3.28. The highest BCUT2D eigenvalue weighted by molar-refractivity contribution is 5.94. The number of piperidine rings is 1. The summed E-state index contributed by atoms with van der Waals surface area (Å²) in [5.41, 5.74) is 2.83. The lowest BCUT2D eigenvalue weighted by Crippen LogP contribution is -2.38. The van der Waals surface area contributed by atoms with Crippen molar-refractivity contribution in [2.75, 3.05) is 18.4 Å². The van der Waals surface area contributed by atoms with Crippen LogP contribution in [0.15, 0.2) is 61.1 Å². The summed E-state index contributed by atoms with van der Waals surface area (Å²) in [6.45, 7) is 3.43. The first-order valence-electron chi connectivity index (χ1n) is 9.55. The van der Waals surface area contributed by atoms with Crippen LogP contribution >= 0.6 is 0 Å². The van der Waals surface area contributed by atoms with Gasteiger partial charge < -0.3 is 10.2 Å². The summed E-state index contributed by atoms with van der Waals surface area (Å²) in [5.74, 6) is 2.06. The van der Waals surface area contributed by atoms with E-state index in [4.69, 9.17) is 0 Å². The predicted molar refractivity (Wildman–Crippen MR) is 109 cm³/mol. The molecule has 0 radical (unpaired) electrons. The number of pyridine rings is 3. The maximum Gasteiger partial charge on any atom is 0.255 e. The molecule has 1 amide bonds. The summed E-state index contributed by atoms with van der Waals surface area (Å²) in [6, 6.07) is 13.6. The third kappa shape index (κ3) is 4.17. The fourth-order valence-electron chi connectivity index (χ4n) is 3.53.